The number of anilines is 1. The second-order valence-corrected chi connectivity index (χ2v) is 8.79. The lowest BCUT2D eigenvalue weighted by molar-refractivity contribution is 0.478. The van der Waals surface area contributed by atoms with Gasteiger partial charge in [0.05, 0.1) is 4.90 Å². The van der Waals surface area contributed by atoms with E-state index in [-0.39, 0.29) is 10.9 Å². The van der Waals surface area contributed by atoms with Crippen molar-refractivity contribution in [3.05, 3.63) is 78.5 Å². The average Bonchev–Trinajstić information content (AvgIpc) is 3.19. The molecule has 1 aliphatic rings. The van der Waals surface area contributed by atoms with Crippen molar-refractivity contribution in [2.24, 2.45) is 0 Å². The summed E-state index contributed by atoms with van der Waals surface area (Å²) < 4.78 is 34.2. The standard InChI is InChI=1S/C22H23N3O3S/c1-17-6-2-3-7-21(17)28-19-9-11-20(12-10-19)29(26,27)24-18-13-15-25(16-18)22-8-4-5-14-23-22/h2-12,14,18,24H,13,15-16H2,1H3/t18-/m1/s1. The van der Waals surface area contributed by atoms with E-state index >= 15 is 0 Å². The highest BCUT2D eigenvalue weighted by atomic mass is 32.2. The number of aromatic nitrogens is 1. The Morgan fingerprint density at radius 1 is 1.03 bits per heavy atom. The largest absolute Gasteiger partial charge is 0.457 e. The van der Waals surface area contributed by atoms with Gasteiger partial charge < -0.3 is 9.64 Å². The lowest BCUT2D eigenvalue weighted by atomic mass is 10.2. The van der Waals surface area contributed by atoms with Crippen molar-refractivity contribution in [2.75, 3.05) is 18.0 Å². The lowest BCUT2D eigenvalue weighted by Gasteiger charge is -2.18. The van der Waals surface area contributed by atoms with Crippen LogP contribution < -0.4 is 14.4 Å². The smallest absolute Gasteiger partial charge is 0.240 e. The Morgan fingerprint density at radius 3 is 2.52 bits per heavy atom. The average molecular weight is 410 g/mol. The molecule has 6 nitrogen and oxygen atoms in total. The highest BCUT2D eigenvalue weighted by Crippen LogP contribution is 2.26. The Kier molecular flexibility index (Phi) is 5.51. The molecule has 7 heteroatoms. The van der Waals surface area contributed by atoms with Crippen LogP contribution in [0.1, 0.15) is 12.0 Å². The van der Waals surface area contributed by atoms with Crippen LogP contribution in [0.5, 0.6) is 11.5 Å². The third-order valence-electron chi connectivity index (χ3n) is 4.94. The first-order chi connectivity index (χ1) is 14.0. The maximum atomic E-state index is 12.8. The van der Waals surface area contributed by atoms with Crippen LogP contribution in [0.3, 0.4) is 0 Å². The van der Waals surface area contributed by atoms with E-state index in [1.165, 1.54) is 0 Å². The molecule has 1 atom stereocenters. The fraction of sp³-hybridized carbons (Fsp3) is 0.227. The number of rotatable bonds is 6. The maximum absolute atomic E-state index is 12.8. The molecule has 2 aromatic carbocycles. The summed E-state index contributed by atoms with van der Waals surface area (Å²) in [6.45, 7) is 3.34. The molecule has 4 rings (SSSR count). The van der Waals surface area contributed by atoms with Crippen LogP contribution in [0.25, 0.3) is 0 Å². The molecule has 1 aliphatic heterocycles. The molecule has 0 bridgehead atoms. The lowest BCUT2D eigenvalue weighted by Crippen LogP contribution is -2.37. The van der Waals surface area contributed by atoms with Gasteiger partial charge in [0, 0.05) is 25.3 Å². The van der Waals surface area contributed by atoms with Gasteiger partial charge in [-0.2, -0.15) is 0 Å². The van der Waals surface area contributed by atoms with Gasteiger partial charge in [0.1, 0.15) is 17.3 Å². The number of ether oxygens (including phenoxy) is 1. The van der Waals surface area contributed by atoms with Gasteiger partial charge in [-0.3, -0.25) is 0 Å². The summed E-state index contributed by atoms with van der Waals surface area (Å²) in [5.74, 6) is 2.22. The number of nitrogens with one attached hydrogen (secondary N) is 1. The number of sulfonamides is 1. The van der Waals surface area contributed by atoms with Crippen molar-refractivity contribution in [3.63, 3.8) is 0 Å². The minimum atomic E-state index is -3.60. The van der Waals surface area contributed by atoms with E-state index in [0.29, 0.717) is 12.3 Å². The Hall–Kier alpha value is -2.90. The Balaban J connectivity index is 1.41. The molecule has 150 valence electrons. The molecular formula is C22H23N3O3S. The van der Waals surface area contributed by atoms with Crippen molar-refractivity contribution >= 4 is 15.8 Å². The van der Waals surface area contributed by atoms with Crippen LogP contribution in [0.4, 0.5) is 5.82 Å². The summed E-state index contributed by atoms with van der Waals surface area (Å²) in [7, 11) is -3.60. The van der Waals surface area contributed by atoms with Gasteiger partial charge in [-0.25, -0.2) is 18.1 Å². The zero-order valence-corrected chi connectivity index (χ0v) is 17.0. The minimum Gasteiger partial charge on any atom is -0.457 e. The molecule has 1 fully saturated rings. The van der Waals surface area contributed by atoms with Gasteiger partial charge in [-0.1, -0.05) is 24.3 Å². The summed E-state index contributed by atoms with van der Waals surface area (Å²) in [5, 5.41) is 0. The van der Waals surface area contributed by atoms with E-state index in [2.05, 4.69) is 14.6 Å². The highest BCUT2D eigenvalue weighted by Gasteiger charge is 2.28. The molecule has 0 aliphatic carbocycles. The molecular weight excluding hydrogens is 386 g/mol. The van der Waals surface area contributed by atoms with Crippen LogP contribution in [-0.2, 0) is 10.0 Å². The highest BCUT2D eigenvalue weighted by molar-refractivity contribution is 7.89. The molecule has 0 radical (unpaired) electrons. The first-order valence-corrected chi connectivity index (χ1v) is 11.0. The Morgan fingerprint density at radius 2 is 1.79 bits per heavy atom. The summed E-state index contributed by atoms with van der Waals surface area (Å²) in [4.78, 5) is 6.65. The predicted octanol–water partition coefficient (Wildman–Crippen LogP) is 3.74. The van der Waals surface area contributed by atoms with E-state index in [1.54, 1.807) is 30.5 Å². The molecule has 0 amide bonds. The van der Waals surface area contributed by atoms with Crippen LogP contribution in [-0.4, -0.2) is 32.5 Å². The summed E-state index contributed by atoms with van der Waals surface area (Å²) in [5.41, 5.74) is 1.02. The van der Waals surface area contributed by atoms with E-state index in [1.807, 2.05) is 49.4 Å². The van der Waals surface area contributed by atoms with Crippen molar-refractivity contribution in [3.8, 4) is 11.5 Å². The fourth-order valence-electron chi connectivity index (χ4n) is 3.38. The zero-order chi connectivity index (χ0) is 20.3. The molecule has 0 unspecified atom stereocenters. The summed E-state index contributed by atoms with van der Waals surface area (Å²) in [6.07, 6.45) is 2.48. The van der Waals surface area contributed by atoms with Crippen molar-refractivity contribution in [1.29, 1.82) is 0 Å². The summed E-state index contributed by atoms with van der Waals surface area (Å²) >= 11 is 0. The molecule has 1 saturated heterocycles. The number of hydrogen-bond acceptors (Lipinski definition) is 5. The third-order valence-corrected chi connectivity index (χ3v) is 6.48. The minimum absolute atomic E-state index is 0.148. The van der Waals surface area contributed by atoms with E-state index < -0.39 is 10.0 Å². The number of nitrogens with zero attached hydrogens (tertiary/aromatic N) is 2. The van der Waals surface area contributed by atoms with Crippen molar-refractivity contribution in [2.45, 2.75) is 24.3 Å². The second-order valence-electron chi connectivity index (χ2n) is 7.08. The molecule has 0 saturated carbocycles. The van der Waals surface area contributed by atoms with Gasteiger partial charge in [0.2, 0.25) is 10.0 Å². The topological polar surface area (TPSA) is 71.5 Å². The first kappa shape index (κ1) is 19.4. The van der Waals surface area contributed by atoms with E-state index in [4.69, 9.17) is 4.74 Å². The molecule has 3 aromatic rings. The predicted molar refractivity (Wildman–Crippen MR) is 113 cm³/mol. The van der Waals surface area contributed by atoms with Crippen molar-refractivity contribution < 1.29 is 13.2 Å². The van der Waals surface area contributed by atoms with Gasteiger partial charge in [0.25, 0.3) is 0 Å². The van der Waals surface area contributed by atoms with Crippen molar-refractivity contribution in [1.82, 2.24) is 9.71 Å². The molecule has 1 N–H and O–H groups in total. The number of hydrogen-bond donors (Lipinski definition) is 1. The number of aryl methyl sites for hydroxylation is 1. The quantitative estimate of drug-likeness (QED) is 0.672. The molecule has 29 heavy (non-hydrogen) atoms. The SMILES string of the molecule is Cc1ccccc1Oc1ccc(S(=O)(=O)N[C@@H]2CCN(c3ccccn3)C2)cc1. The van der Waals surface area contributed by atoms with E-state index in [0.717, 1.165) is 30.1 Å². The Labute approximate surface area is 171 Å². The normalized spacial score (nSPS) is 16.7. The zero-order valence-electron chi connectivity index (χ0n) is 16.2. The van der Waals surface area contributed by atoms with E-state index in [9.17, 15) is 8.42 Å². The number of pyridine rings is 1. The number of para-hydroxylation sites is 1. The van der Waals surface area contributed by atoms with Gasteiger partial charge >= 0.3 is 0 Å². The molecule has 1 aromatic heterocycles. The van der Waals surface area contributed by atoms with Gasteiger partial charge in [0.15, 0.2) is 0 Å². The van der Waals surface area contributed by atoms with Crippen LogP contribution in [0.15, 0.2) is 77.8 Å². The fourth-order valence-corrected chi connectivity index (χ4v) is 4.64. The van der Waals surface area contributed by atoms with Gasteiger partial charge in [-0.15, -0.1) is 0 Å². The van der Waals surface area contributed by atoms with Crippen LogP contribution >= 0.6 is 0 Å². The monoisotopic (exact) mass is 409 g/mol. The third kappa shape index (κ3) is 4.58. The Bertz CT molecular complexity index is 1070. The molecule has 0 spiro atoms. The first-order valence-electron chi connectivity index (χ1n) is 9.53. The van der Waals surface area contributed by atoms with Crippen LogP contribution in [0.2, 0.25) is 0 Å². The summed E-state index contributed by atoms with van der Waals surface area (Å²) in [6, 6.07) is 19.8. The second kappa shape index (κ2) is 8.23. The maximum Gasteiger partial charge on any atom is 0.240 e. The number of benzene rings is 2. The van der Waals surface area contributed by atoms with Crippen LogP contribution in [0, 0.1) is 6.92 Å². The molecule has 2 heterocycles. The van der Waals surface area contributed by atoms with Gasteiger partial charge in [-0.05, 0) is 61.4 Å².